The predicted octanol–water partition coefficient (Wildman–Crippen LogP) is 3.26. The first-order valence-corrected chi connectivity index (χ1v) is 8.97. The van der Waals surface area contributed by atoms with Gasteiger partial charge in [-0.2, -0.15) is 0 Å². The molecule has 1 heterocycles. The fourth-order valence-electron chi connectivity index (χ4n) is 2.67. The van der Waals surface area contributed by atoms with Crippen molar-refractivity contribution in [3.8, 4) is 11.5 Å². The van der Waals surface area contributed by atoms with Crippen LogP contribution in [0.3, 0.4) is 0 Å². The topological polar surface area (TPSA) is 76.7 Å². The lowest BCUT2D eigenvalue weighted by molar-refractivity contribution is -0.138. The van der Waals surface area contributed by atoms with E-state index in [2.05, 4.69) is 17.6 Å². The molecule has 0 fully saturated rings. The predicted molar refractivity (Wildman–Crippen MR) is 103 cm³/mol. The molecule has 0 bridgehead atoms. The van der Waals surface area contributed by atoms with E-state index in [4.69, 9.17) is 9.47 Å². The van der Waals surface area contributed by atoms with Crippen LogP contribution in [0, 0.1) is 5.41 Å². The van der Waals surface area contributed by atoms with E-state index in [1.54, 1.807) is 13.8 Å². The molecular formula is C21H24N2O4. The van der Waals surface area contributed by atoms with Gasteiger partial charge in [-0.15, -0.1) is 0 Å². The minimum Gasteiger partial charge on any atom is -0.454 e. The van der Waals surface area contributed by atoms with E-state index < -0.39 is 5.41 Å². The zero-order valence-electron chi connectivity index (χ0n) is 15.8. The number of carbonyl (C=O) groups is 2. The minimum absolute atomic E-state index is 0.206. The molecule has 2 N–H and O–H groups in total. The Kier molecular flexibility index (Phi) is 5.35. The number of anilines is 1. The Bertz CT molecular complexity index is 844. The van der Waals surface area contributed by atoms with Gasteiger partial charge in [0.05, 0.1) is 0 Å². The zero-order chi connectivity index (χ0) is 19.4. The monoisotopic (exact) mass is 368 g/mol. The maximum atomic E-state index is 12.6. The first-order chi connectivity index (χ1) is 12.9. The molecule has 6 nitrogen and oxygen atoms in total. The third-order valence-electron chi connectivity index (χ3n) is 4.65. The summed E-state index contributed by atoms with van der Waals surface area (Å²) in [6.45, 7) is 5.80. The third kappa shape index (κ3) is 4.22. The van der Waals surface area contributed by atoms with Crippen molar-refractivity contribution in [2.45, 2.75) is 33.7 Å². The lowest BCUT2D eigenvalue weighted by Gasteiger charge is -2.23. The summed E-state index contributed by atoms with van der Waals surface area (Å²) in [4.78, 5) is 25.2. The fraction of sp³-hybridized carbons (Fsp3) is 0.333. The van der Waals surface area contributed by atoms with Crippen molar-refractivity contribution in [2.75, 3.05) is 12.1 Å². The molecule has 0 aromatic heterocycles. The molecule has 2 aromatic rings. The second-order valence-corrected chi connectivity index (χ2v) is 7.00. The van der Waals surface area contributed by atoms with Crippen molar-refractivity contribution in [3.05, 3.63) is 53.6 Å². The number of aryl methyl sites for hydroxylation is 1. The molecule has 1 aliphatic rings. The van der Waals surface area contributed by atoms with Crippen LogP contribution >= 0.6 is 0 Å². The standard InChI is InChI=1S/C21H24N2O4/c1-4-14-5-8-16(9-6-14)23-20(25)21(2,3)19(24)22-12-15-7-10-17-18(11-15)27-13-26-17/h5-11H,4,12-13H2,1-3H3,(H,22,24)(H,23,25). The smallest absolute Gasteiger partial charge is 0.239 e. The van der Waals surface area contributed by atoms with Gasteiger partial charge in [0.25, 0.3) is 0 Å². The highest BCUT2D eigenvalue weighted by atomic mass is 16.7. The number of hydrogen-bond donors (Lipinski definition) is 2. The van der Waals surface area contributed by atoms with Crippen LogP contribution < -0.4 is 20.1 Å². The molecule has 0 saturated heterocycles. The second-order valence-electron chi connectivity index (χ2n) is 7.00. The summed E-state index contributed by atoms with van der Waals surface area (Å²) in [5.74, 6) is 0.658. The Morgan fingerprint density at radius 1 is 0.963 bits per heavy atom. The molecule has 1 aliphatic heterocycles. The number of amides is 2. The van der Waals surface area contributed by atoms with E-state index in [1.165, 1.54) is 5.56 Å². The normalized spacial score (nSPS) is 12.6. The second kappa shape index (κ2) is 7.70. The molecule has 3 rings (SSSR count). The molecule has 0 radical (unpaired) electrons. The van der Waals surface area contributed by atoms with Gasteiger partial charge in [-0.25, -0.2) is 0 Å². The largest absolute Gasteiger partial charge is 0.454 e. The Morgan fingerprint density at radius 2 is 1.63 bits per heavy atom. The molecule has 27 heavy (non-hydrogen) atoms. The highest BCUT2D eigenvalue weighted by molar-refractivity contribution is 6.09. The van der Waals surface area contributed by atoms with E-state index in [9.17, 15) is 9.59 Å². The van der Waals surface area contributed by atoms with Crippen molar-refractivity contribution in [1.82, 2.24) is 5.32 Å². The first kappa shape index (κ1) is 18.8. The van der Waals surface area contributed by atoms with E-state index in [0.29, 0.717) is 23.7 Å². The quantitative estimate of drug-likeness (QED) is 0.768. The molecule has 6 heteroatoms. The SMILES string of the molecule is CCc1ccc(NC(=O)C(C)(C)C(=O)NCc2ccc3c(c2)OCO3)cc1. The fourth-order valence-corrected chi connectivity index (χ4v) is 2.67. The summed E-state index contributed by atoms with van der Waals surface area (Å²) >= 11 is 0. The van der Waals surface area contributed by atoms with Gasteiger partial charge >= 0.3 is 0 Å². The van der Waals surface area contributed by atoms with E-state index >= 15 is 0 Å². The lowest BCUT2D eigenvalue weighted by Crippen LogP contribution is -2.44. The first-order valence-electron chi connectivity index (χ1n) is 8.97. The van der Waals surface area contributed by atoms with E-state index in [0.717, 1.165) is 12.0 Å². The van der Waals surface area contributed by atoms with Gasteiger partial charge in [0.1, 0.15) is 5.41 Å². The molecule has 2 aromatic carbocycles. The number of rotatable bonds is 6. The molecule has 2 amide bonds. The summed E-state index contributed by atoms with van der Waals surface area (Å²) in [7, 11) is 0. The van der Waals surface area contributed by atoms with Crippen LogP contribution in [-0.2, 0) is 22.6 Å². The Labute approximate surface area is 158 Å². The molecule has 142 valence electrons. The average molecular weight is 368 g/mol. The van der Waals surface area contributed by atoms with Crippen LogP contribution in [0.25, 0.3) is 0 Å². The number of carbonyl (C=O) groups excluding carboxylic acids is 2. The van der Waals surface area contributed by atoms with Gasteiger partial charge in [0.15, 0.2) is 11.5 Å². The lowest BCUT2D eigenvalue weighted by atomic mass is 9.90. The van der Waals surface area contributed by atoms with Gasteiger partial charge in [0.2, 0.25) is 18.6 Å². The van der Waals surface area contributed by atoms with Crippen LogP contribution in [0.2, 0.25) is 0 Å². The summed E-state index contributed by atoms with van der Waals surface area (Å²) in [6, 6.07) is 13.1. The van der Waals surface area contributed by atoms with Gasteiger partial charge in [-0.1, -0.05) is 25.1 Å². The number of fused-ring (bicyclic) bond motifs is 1. The van der Waals surface area contributed by atoms with Crippen LogP contribution in [0.5, 0.6) is 11.5 Å². The number of benzene rings is 2. The third-order valence-corrected chi connectivity index (χ3v) is 4.65. The highest BCUT2D eigenvalue weighted by Gasteiger charge is 2.36. The van der Waals surface area contributed by atoms with Crippen LogP contribution in [-0.4, -0.2) is 18.6 Å². The summed E-state index contributed by atoms with van der Waals surface area (Å²) in [5.41, 5.74) is 1.53. The summed E-state index contributed by atoms with van der Waals surface area (Å²) in [5, 5.41) is 5.63. The van der Waals surface area contributed by atoms with Crippen molar-refractivity contribution < 1.29 is 19.1 Å². The Hall–Kier alpha value is -3.02. The van der Waals surface area contributed by atoms with Gasteiger partial charge < -0.3 is 20.1 Å². The van der Waals surface area contributed by atoms with Gasteiger partial charge in [-0.05, 0) is 55.7 Å². The van der Waals surface area contributed by atoms with Crippen LogP contribution in [0.4, 0.5) is 5.69 Å². The van der Waals surface area contributed by atoms with Crippen LogP contribution in [0.15, 0.2) is 42.5 Å². The van der Waals surface area contributed by atoms with E-state index in [1.807, 2.05) is 42.5 Å². The van der Waals surface area contributed by atoms with Gasteiger partial charge in [-0.3, -0.25) is 9.59 Å². The highest BCUT2D eigenvalue weighted by Crippen LogP contribution is 2.32. The Balaban J connectivity index is 1.59. The number of ether oxygens (including phenoxy) is 2. The van der Waals surface area contributed by atoms with Crippen molar-refractivity contribution in [2.24, 2.45) is 5.41 Å². The number of hydrogen-bond acceptors (Lipinski definition) is 4. The zero-order valence-corrected chi connectivity index (χ0v) is 15.8. The summed E-state index contributed by atoms with van der Waals surface area (Å²) in [6.07, 6.45) is 0.933. The molecular weight excluding hydrogens is 344 g/mol. The van der Waals surface area contributed by atoms with Gasteiger partial charge in [0, 0.05) is 12.2 Å². The minimum atomic E-state index is -1.21. The average Bonchev–Trinajstić information content (AvgIpc) is 3.14. The van der Waals surface area contributed by atoms with E-state index in [-0.39, 0.29) is 18.6 Å². The molecule has 0 unspecified atom stereocenters. The maximum Gasteiger partial charge on any atom is 0.239 e. The molecule has 0 atom stereocenters. The number of nitrogens with one attached hydrogen (secondary N) is 2. The van der Waals surface area contributed by atoms with Crippen LogP contribution in [0.1, 0.15) is 31.9 Å². The Morgan fingerprint density at radius 3 is 2.33 bits per heavy atom. The molecule has 0 saturated carbocycles. The van der Waals surface area contributed by atoms with Crippen molar-refractivity contribution >= 4 is 17.5 Å². The molecule has 0 spiro atoms. The summed E-state index contributed by atoms with van der Waals surface area (Å²) < 4.78 is 10.6. The van der Waals surface area contributed by atoms with Crippen molar-refractivity contribution in [1.29, 1.82) is 0 Å². The maximum absolute atomic E-state index is 12.6. The van der Waals surface area contributed by atoms with Crippen molar-refractivity contribution in [3.63, 3.8) is 0 Å². The molecule has 0 aliphatic carbocycles.